The van der Waals surface area contributed by atoms with Crippen LogP contribution in [0.3, 0.4) is 0 Å². The zero-order chi connectivity index (χ0) is 25.6. The number of fused-ring (bicyclic) bond motifs is 1. The summed E-state index contributed by atoms with van der Waals surface area (Å²) in [6, 6.07) is 3.62. The topological polar surface area (TPSA) is 131 Å². The van der Waals surface area contributed by atoms with E-state index in [4.69, 9.17) is 11.5 Å². The van der Waals surface area contributed by atoms with Gasteiger partial charge in [0.15, 0.2) is 11.5 Å². The minimum atomic E-state index is -0.968. The maximum atomic E-state index is 15.5. The number of piperidine rings is 1. The Bertz CT molecular complexity index is 1320. The molecule has 1 aliphatic carbocycles. The van der Waals surface area contributed by atoms with Crippen LogP contribution in [0, 0.1) is 5.82 Å². The fourth-order valence-corrected chi connectivity index (χ4v) is 5.60. The number of aromatic nitrogens is 4. The monoisotopic (exact) mass is 507 g/mol. The predicted molar refractivity (Wildman–Crippen MR) is 139 cm³/mol. The van der Waals surface area contributed by atoms with Gasteiger partial charge in [0, 0.05) is 42.5 Å². The van der Waals surface area contributed by atoms with Gasteiger partial charge >= 0.3 is 0 Å². The molecule has 1 saturated carbocycles. The van der Waals surface area contributed by atoms with Gasteiger partial charge in [0.05, 0.1) is 12.9 Å². The summed E-state index contributed by atoms with van der Waals surface area (Å²) in [7, 11) is 0. The first-order valence-electron chi connectivity index (χ1n) is 13.2. The Hall–Kier alpha value is -3.31. The third-order valence-electron chi connectivity index (χ3n) is 7.94. The Kier molecular flexibility index (Phi) is 6.20. The SMILES string of the molecule is Nc1ncnc2c1ncn2Cc1c(N2CCC(N)(C(=O)NC3CC3)C2)ccc(F)c1CN1CCCCC1. The van der Waals surface area contributed by atoms with Gasteiger partial charge in [-0.05, 0) is 57.3 Å². The zero-order valence-corrected chi connectivity index (χ0v) is 21.0. The van der Waals surface area contributed by atoms with E-state index in [1.807, 2.05) is 10.6 Å². The van der Waals surface area contributed by atoms with Crippen LogP contribution in [-0.4, -0.2) is 68.1 Å². The number of benzene rings is 1. The number of nitrogens with zero attached hydrogens (tertiary/aromatic N) is 6. The van der Waals surface area contributed by atoms with Crippen molar-refractivity contribution in [2.45, 2.75) is 63.2 Å². The minimum Gasteiger partial charge on any atom is -0.382 e. The molecule has 11 heteroatoms. The molecule has 4 heterocycles. The van der Waals surface area contributed by atoms with Crippen molar-refractivity contribution in [3.63, 3.8) is 0 Å². The van der Waals surface area contributed by atoms with Gasteiger partial charge in [0.1, 0.15) is 23.2 Å². The van der Waals surface area contributed by atoms with Crippen molar-refractivity contribution in [3.8, 4) is 0 Å². The Labute approximate surface area is 215 Å². The van der Waals surface area contributed by atoms with E-state index >= 15 is 4.39 Å². The number of nitrogen functional groups attached to an aromatic ring is 1. The summed E-state index contributed by atoms with van der Waals surface area (Å²) in [5.74, 6) is -0.0130. The Morgan fingerprint density at radius 2 is 1.89 bits per heavy atom. The number of rotatable bonds is 7. The van der Waals surface area contributed by atoms with Crippen molar-refractivity contribution >= 4 is 28.6 Å². The lowest BCUT2D eigenvalue weighted by molar-refractivity contribution is -0.125. The van der Waals surface area contributed by atoms with E-state index in [1.165, 1.54) is 12.7 Å². The molecule has 0 radical (unpaired) electrons. The third kappa shape index (κ3) is 4.73. The van der Waals surface area contributed by atoms with Gasteiger partial charge in [-0.3, -0.25) is 9.69 Å². The van der Waals surface area contributed by atoms with Crippen molar-refractivity contribution in [2.75, 3.05) is 36.8 Å². The molecule has 3 aliphatic rings. The van der Waals surface area contributed by atoms with Crippen molar-refractivity contribution < 1.29 is 9.18 Å². The molecule has 2 saturated heterocycles. The Morgan fingerprint density at radius 3 is 2.68 bits per heavy atom. The number of likely N-dealkylation sites (tertiary alicyclic amines) is 1. The quantitative estimate of drug-likeness (QED) is 0.441. The van der Waals surface area contributed by atoms with Gasteiger partial charge in [-0.15, -0.1) is 0 Å². The number of hydrogen-bond donors (Lipinski definition) is 3. The highest BCUT2D eigenvalue weighted by Crippen LogP contribution is 2.34. The summed E-state index contributed by atoms with van der Waals surface area (Å²) in [6.07, 6.45) is 9.12. The van der Waals surface area contributed by atoms with E-state index in [1.54, 1.807) is 12.4 Å². The minimum absolute atomic E-state index is 0.0949. The lowest BCUT2D eigenvalue weighted by Gasteiger charge is -2.30. The predicted octanol–water partition coefficient (Wildman–Crippen LogP) is 1.77. The molecule has 3 aromatic rings. The summed E-state index contributed by atoms with van der Waals surface area (Å²) >= 11 is 0. The molecule has 3 fully saturated rings. The standard InChI is InChI=1S/C26H34FN9O/c27-20-6-7-21(35-11-8-26(29,14-35)25(37)33-17-4-5-17)19(18(20)12-34-9-2-1-3-10-34)13-36-16-32-22-23(28)30-15-31-24(22)36/h6-7,15-17H,1-5,8-14,29H2,(H,33,37)(H2,28,30,31). The van der Waals surface area contributed by atoms with E-state index in [2.05, 4.69) is 30.1 Å². The number of carbonyl (C=O) groups is 1. The molecule has 6 rings (SSSR count). The number of nitrogens with one attached hydrogen (secondary N) is 1. The number of anilines is 2. The molecule has 0 spiro atoms. The highest BCUT2D eigenvalue weighted by molar-refractivity contribution is 5.88. The summed E-state index contributed by atoms with van der Waals surface area (Å²) in [5, 5.41) is 3.06. The third-order valence-corrected chi connectivity index (χ3v) is 7.94. The fraction of sp³-hybridized carbons (Fsp3) is 0.538. The molecule has 10 nitrogen and oxygen atoms in total. The summed E-state index contributed by atoms with van der Waals surface area (Å²) in [5.41, 5.74) is 15.2. The van der Waals surface area contributed by atoms with Crippen LogP contribution in [0.25, 0.3) is 11.2 Å². The summed E-state index contributed by atoms with van der Waals surface area (Å²) < 4.78 is 17.4. The van der Waals surface area contributed by atoms with Crippen LogP contribution in [0.4, 0.5) is 15.9 Å². The highest BCUT2D eigenvalue weighted by atomic mass is 19.1. The molecule has 1 atom stereocenters. The second-order valence-corrected chi connectivity index (χ2v) is 10.7. The first-order valence-corrected chi connectivity index (χ1v) is 13.2. The number of nitrogens with two attached hydrogens (primary N) is 2. The molecule has 1 unspecified atom stereocenters. The van der Waals surface area contributed by atoms with E-state index in [9.17, 15) is 4.79 Å². The smallest absolute Gasteiger partial charge is 0.242 e. The van der Waals surface area contributed by atoms with E-state index in [-0.39, 0.29) is 17.8 Å². The molecule has 1 amide bonds. The molecule has 1 aromatic carbocycles. The first kappa shape index (κ1) is 24.1. The lowest BCUT2D eigenvalue weighted by atomic mass is 9.98. The number of halogens is 1. The number of carbonyl (C=O) groups excluding carboxylic acids is 1. The van der Waals surface area contributed by atoms with Crippen molar-refractivity contribution in [1.29, 1.82) is 0 Å². The zero-order valence-electron chi connectivity index (χ0n) is 21.0. The van der Waals surface area contributed by atoms with Gasteiger partial charge < -0.3 is 26.3 Å². The van der Waals surface area contributed by atoms with Crippen molar-refractivity contribution in [3.05, 3.63) is 41.7 Å². The molecule has 2 aromatic heterocycles. The van der Waals surface area contributed by atoms with Crippen LogP contribution in [0.5, 0.6) is 0 Å². The fourth-order valence-electron chi connectivity index (χ4n) is 5.60. The number of imidazole rings is 1. The summed E-state index contributed by atoms with van der Waals surface area (Å²) in [4.78, 5) is 30.2. The van der Waals surface area contributed by atoms with Crippen LogP contribution < -0.4 is 21.7 Å². The Morgan fingerprint density at radius 1 is 1.08 bits per heavy atom. The molecule has 196 valence electrons. The second kappa shape index (κ2) is 9.53. The maximum Gasteiger partial charge on any atom is 0.242 e. The number of hydrogen-bond acceptors (Lipinski definition) is 8. The highest BCUT2D eigenvalue weighted by Gasteiger charge is 2.43. The first-order chi connectivity index (χ1) is 17.9. The van der Waals surface area contributed by atoms with Crippen LogP contribution in [-0.2, 0) is 17.9 Å². The van der Waals surface area contributed by atoms with Gasteiger partial charge in [-0.1, -0.05) is 6.42 Å². The normalized spacial score (nSPS) is 22.6. The average molecular weight is 508 g/mol. The largest absolute Gasteiger partial charge is 0.382 e. The molecule has 0 bridgehead atoms. The maximum absolute atomic E-state index is 15.5. The van der Waals surface area contributed by atoms with Gasteiger partial charge in [-0.25, -0.2) is 19.3 Å². The lowest BCUT2D eigenvalue weighted by Crippen LogP contribution is -2.56. The van der Waals surface area contributed by atoms with Gasteiger partial charge in [-0.2, -0.15) is 0 Å². The van der Waals surface area contributed by atoms with Crippen LogP contribution >= 0.6 is 0 Å². The summed E-state index contributed by atoms with van der Waals surface area (Å²) in [6.45, 7) is 3.81. The van der Waals surface area contributed by atoms with Crippen molar-refractivity contribution in [2.24, 2.45) is 5.73 Å². The van der Waals surface area contributed by atoms with Gasteiger partial charge in [0.25, 0.3) is 0 Å². The second-order valence-electron chi connectivity index (χ2n) is 10.7. The van der Waals surface area contributed by atoms with Gasteiger partial charge in [0.2, 0.25) is 5.91 Å². The average Bonchev–Trinajstić information content (AvgIpc) is 3.47. The molecule has 2 aliphatic heterocycles. The van der Waals surface area contributed by atoms with Crippen LogP contribution in [0.2, 0.25) is 0 Å². The van der Waals surface area contributed by atoms with Crippen LogP contribution in [0.15, 0.2) is 24.8 Å². The molecule has 37 heavy (non-hydrogen) atoms. The Balaban J connectivity index is 1.37. The number of amides is 1. The van der Waals surface area contributed by atoms with Crippen molar-refractivity contribution in [1.82, 2.24) is 29.7 Å². The van der Waals surface area contributed by atoms with E-state index in [0.29, 0.717) is 55.1 Å². The van der Waals surface area contributed by atoms with E-state index < -0.39 is 5.54 Å². The van der Waals surface area contributed by atoms with Crippen LogP contribution in [0.1, 0.15) is 49.7 Å². The molecular formula is C26H34FN9O. The molecular weight excluding hydrogens is 473 g/mol. The van der Waals surface area contributed by atoms with E-state index in [0.717, 1.165) is 50.0 Å². The molecule has 5 N–H and O–H groups in total.